The third-order valence-corrected chi connectivity index (χ3v) is 4.66. The Hall–Kier alpha value is -2.33. The molecular weight excluding hydrogens is 286 g/mol. The maximum atomic E-state index is 11.1. The summed E-state index contributed by atoms with van der Waals surface area (Å²) in [5.74, 6) is -0.377. The first-order valence-corrected chi connectivity index (χ1v) is 8.09. The second-order valence-electron chi connectivity index (χ2n) is 6.02. The molecule has 23 heavy (non-hydrogen) atoms. The van der Waals surface area contributed by atoms with Crippen molar-refractivity contribution in [2.45, 2.75) is 13.0 Å². The molecule has 4 heteroatoms. The fraction of sp³-hybridized carbons (Fsp3) is 0.316. The van der Waals surface area contributed by atoms with E-state index in [-0.39, 0.29) is 5.91 Å². The summed E-state index contributed by atoms with van der Waals surface area (Å²) in [7, 11) is 0. The van der Waals surface area contributed by atoms with Crippen molar-refractivity contribution >= 4 is 11.6 Å². The van der Waals surface area contributed by atoms with Crippen LogP contribution in [0.2, 0.25) is 0 Å². The van der Waals surface area contributed by atoms with Gasteiger partial charge in [0.1, 0.15) is 0 Å². The molecule has 0 aromatic heterocycles. The van der Waals surface area contributed by atoms with E-state index in [2.05, 4.69) is 47.1 Å². The highest BCUT2D eigenvalue weighted by atomic mass is 16.1. The number of nitrogens with two attached hydrogens (primary N) is 1. The summed E-state index contributed by atoms with van der Waals surface area (Å²) in [6.45, 7) is 6.33. The minimum atomic E-state index is -0.377. The molecule has 1 amide bonds. The number of rotatable bonds is 4. The molecule has 3 rings (SSSR count). The zero-order valence-corrected chi connectivity index (χ0v) is 13.5. The van der Waals surface area contributed by atoms with Gasteiger partial charge in [-0.1, -0.05) is 30.3 Å². The van der Waals surface area contributed by atoms with Gasteiger partial charge >= 0.3 is 0 Å². The SMILES string of the molecule is CC(c1ccccc1)N1CCN(c2ccc(C(N)=O)cc2)CC1. The number of anilines is 1. The minimum absolute atomic E-state index is 0.377. The Balaban J connectivity index is 1.61. The maximum Gasteiger partial charge on any atom is 0.248 e. The molecule has 0 saturated carbocycles. The molecule has 1 heterocycles. The van der Waals surface area contributed by atoms with E-state index < -0.39 is 0 Å². The number of hydrogen-bond donors (Lipinski definition) is 1. The number of carbonyl (C=O) groups is 1. The van der Waals surface area contributed by atoms with Crippen LogP contribution in [0.1, 0.15) is 28.9 Å². The van der Waals surface area contributed by atoms with E-state index >= 15 is 0 Å². The molecule has 1 aliphatic heterocycles. The lowest BCUT2D eigenvalue weighted by atomic mass is 10.1. The van der Waals surface area contributed by atoms with Gasteiger partial charge in [-0.15, -0.1) is 0 Å². The van der Waals surface area contributed by atoms with Crippen LogP contribution >= 0.6 is 0 Å². The van der Waals surface area contributed by atoms with Gasteiger partial charge in [-0.05, 0) is 36.8 Å². The average molecular weight is 309 g/mol. The fourth-order valence-corrected chi connectivity index (χ4v) is 3.15. The molecule has 2 aromatic rings. The van der Waals surface area contributed by atoms with Crippen LogP contribution in [0.3, 0.4) is 0 Å². The Morgan fingerprint density at radius 3 is 2.13 bits per heavy atom. The highest BCUT2D eigenvalue weighted by molar-refractivity contribution is 5.93. The Morgan fingerprint density at radius 1 is 0.957 bits per heavy atom. The number of amides is 1. The normalized spacial score (nSPS) is 17.0. The van der Waals surface area contributed by atoms with Crippen molar-refractivity contribution in [3.8, 4) is 0 Å². The van der Waals surface area contributed by atoms with Crippen molar-refractivity contribution in [3.63, 3.8) is 0 Å². The molecule has 1 fully saturated rings. The molecule has 2 aromatic carbocycles. The summed E-state index contributed by atoms with van der Waals surface area (Å²) >= 11 is 0. The number of hydrogen-bond acceptors (Lipinski definition) is 3. The van der Waals surface area contributed by atoms with E-state index in [1.807, 2.05) is 12.1 Å². The van der Waals surface area contributed by atoms with Crippen LogP contribution in [0.5, 0.6) is 0 Å². The highest BCUT2D eigenvalue weighted by Gasteiger charge is 2.22. The van der Waals surface area contributed by atoms with Gasteiger partial charge in [0.15, 0.2) is 0 Å². The third kappa shape index (κ3) is 3.54. The van der Waals surface area contributed by atoms with Crippen LogP contribution in [0.25, 0.3) is 0 Å². The average Bonchev–Trinajstić information content (AvgIpc) is 2.62. The molecule has 0 spiro atoms. The lowest BCUT2D eigenvalue weighted by molar-refractivity contribution is 0.100. The lowest BCUT2D eigenvalue weighted by Gasteiger charge is -2.39. The number of carbonyl (C=O) groups excluding carboxylic acids is 1. The smallest absolute Gasteiger partial charge is 0.248 e. The molecule has 2 N–H and O–H groups in total. The fourth-order valence-electron chi connectivity index (χ4n) is 3.15. The first kappa shape index (κ1) is 15.6. The number of primary amides is 1. The summed E-state index contributed by atoms with van der Waals surface area (Å²) < 4.78 is 0. The van der Waals surface area contributed by atoms with Crippen LogP contribution in [-0.4, -0.2) is 37.0 Å². The van der Waals surface area contributed by atoms with E-state index in [4.69, 9.17) is 5.73 Å². The summed E-state index contributed by atoms with van der Waals surface area (Å²) in [4.78, 5) is 16.0. The Labute approximate surface area is 137 Å². The van der Waals surface area contributed by atoms with E-state index in [0.29, 0.717) is 11.6 Å². The zero-order chi connectivity index (χ0) is 16.2. The van der Waals surface area contributed by atoms with Crippen LogP contribution in [0.15, 0.2) is 54.6 Å². The largest absolute Gasteiger partial charge is 0.369 e. The first-order chi connectivity index (χ1) is 11.1. The van der Waals surface area contributed by atoms with E-state index in [1.54, 1.807) is 12.1 Å². The van der Waals surface area contributed by atoms with Gasteiger partial charge < -0.3 is 10.6 Å². The maximum absolute atomic E-state index is 11.1. The van der Waals surface area contributed by atoms with Gasteiger partial charge in [-0.3, -0.25) is 9.69 Å². The van der Waals surface area contributed by atoms with Gasteiger partial charge in [0.05, 0.1) is 0 Å². The van der Waals surface area contributed by atoms with Crippen LogP contribution < -0.4 is 10.6 Å². The number of piperazine rings is 1. The predicted octanol–water partition coefficient (Wildman–Crippen LogP) is 2.67. The van der Waals surface area contributed by atoms with E-state index in [9.17, 15) is 4.79 Å². The Bertz CT molecular complexity index is 646. The number of nitrogens with zero attached hydrogens (tertiary/aromatic N) is 2. The lowest BCUT2D eigenvalue weighted by Crippen LogP contribution is -2.47. The highest BCUT2D eigenvalue weighted by Crippen LogP contribution is 2.23. The van der Waals surface area contributed by atoms with Crippen molar-refractivity contribution in [2.24, 2.45) is 5.73 Å². The summed E-state index contributed by atoms with van der Waals surface area (Å²) in [5, 5.41) is 0. The summed E-state index contributed by atoms with van der Waals surface area (Å²) in [6.07, 6.45) is 0. The Morgan fingerprint density at radius 2 is 1.57 bits per heavy atom. The molecule has 1 atom stereocenters. The van der Waals surface area contributed by atoms with Gasteiger partial charge in [-0.25, -0.2) is 0 Å². The van der Waals surface area contributed by atoms with Crippen molar-refractivity contribution in [1.29, 1.82) is 0 Å². The van der Waals surface area contributed by atoms with Gasteiger partial charge in [0.25, 0.3) is 0 Å². The quantitative estimate of drug-likeness (QED) is 0.944. The van der Waals surface area contributed by atoms with Crippen molar-refractivity contribution in [3.05, 3.63) is 65.7 Å². The van der Waals surface area contributed by atoms with Crippen LogP contribution in [0.4, 0.5) is 5.69 Å². The predicted molar refractivity (Wildman–Crippen MR) is 93.6 cm³/mol. The second-order valence-corrected chi connectivity index (χ2v) is 6.02. The second kappa shape index (κ2) is 6.84. The molecule has 1 saturated heterocycles. The van der Waals surface area contributed by atoms with E-state index in [0.717, 1.165) is 31.9 Å². The summed E-state index contributed by atoms with van der Waals surface area (Å²) in [5.41, 5.74) is 8.37. The first-order valence-electron chi connectivity index (χ1n) is 8.09. The Kier molecular flexibility index (Phi) is 4.63. The third-order valence-electron chi connectivity index (χ3n) is 4.66. The van der Waals surface area contributed by atoms with E-state index in [1.165, 1.54) is 5.56 Å². The molecule has 0 radical (unpaired) electrons. The summed E-state index contributed by atoms with van der Waals surface area (Å²) in [6, 6.07) is 18.7. The van der Waals surface area contributed by atoms with Crippen LogP contribution in [0, 0.1) is 0 Å². The monoisotopic (exact) mass is 309 g/mol. The molecule has 1 aliphatic rings. The number of benzene rings is 2. The molecule has 0 aliphatic carbocycles. The van der Waals surface area contributed by atoms with Gasteiger partial charge in [-0.2, -0.15) is 0 Å². The standard InChI is InChI=1S/C19H23N3O/c1-15(16-5-3-2-4-6-16)21-11-13-22(14-12-21)18-9-7-17(8-10-18)19(20)23/h2-10,15H,11-14H2,1H3,(H2,20,23). The molecule has 1 unspecified atom stereocenters. The van der Waals surface area contributed by atoms with Crippen molar-refractivity contribution in [1.82, 2.24) is 4.90 Å². The minimum Gasteiger partial charge on any atom is -0.369 e. The molecule has 120 valence electrons. The molecular formula is C19H23N3O. The van der Waals surface area contributed by atoms with Gasteiger partial charge in [0.2, 0.25) is 5.91 Å². The van der Waals surface area contributed by atoms with Crippen molar-refractivity contribution < 1.29 is 4.79 Å². The molecule has 4 nitrogen and oxygen atoms in total. The molecule has 0 bridgehead atoms. The van der Waals surface area contributed by atoms with Gasteiger partial charge in [0, 0.05) is 43.5 Å². The van der Waals surface area contributed by atoms with Crippen LogP contribution in [-0.2, 0) is 0 Å². The van der Waals surface area contributed by atoms with Crippen molar-refractivity contribution in [2.75, 3.05) is 31.1 Å². The topological polar surface area (TPSA) is 49.6 Å². The zero-order valence-electron chi connectivity index (χ0n) is 13.5.